The number of aromatic nitrogens is 2. The highest BCUT2D eigenvalue weighted by Gasteiger charge is 2.30. The van der Waals surface area contributed by atoms with Crippen LogP contribution in [0.1, 0.15) is 29.6 Å². The van der Waals surface area contributed by atoms with Crippen LogP contribution >= 0.6 is 0 Å². The molecule has 1 aromatic heterocycles. The van der Waals surface area contributed by atoms with E-state index in [0.717, 1.165) is 25.5 Å². The van der Waals surface area contributed by atoms with Crippen molar-refractivity contribution in [1.29, 1.82) is 0 Å². The molecule has 1 saturated carbocycles. The van der Waals surface area contributed by atoms with Gasteiger partial charge in [-0.15, -0.1) is 0 Å². The lowest BCUT2D eigenvalue weighted by Crippen LogP contribution is -2.32. The normalized spacial score (nSPS) is 23.1. The second-order valence-corrected chi connectivity index (χ2v) is 6.61. The van der Waals surface area contributed by atoms with Crippen LogP contribution in [0.4, 0.5) is 0 Å². The van der Waals surface area contributed by atoms with E-state index in [4.69, 9.17) is 5.11 Å². The number of aromatic amines is 1. The average molecular weight is 303 g/mol. The van der Waals surface area contributed by atoms with Crippen molar-refractivity contribution in [2.75, 3.05) is 13.2 Å². The quantitative estimate of drug-likeness (QED) is 0.575. The van der Waals surface area contributed by atoms with Gasteiger partial charge in [0.15, 0.2) is 5.03 Å². The van der Waals surface area contributed by atoms with Crippen molar-refractivity contribution >= 4 is 16.0 Å². The Balaban J connectivity index is 2.08. The zero-order chi connectivity index (χ0) is 14.8. The number of aromatic carboxylic acids is 1. The Morgan fingerprint density at radius 3 is 2.80 bits per heavy atom. The Kier molecular flexibility index (Phi) is 4.41. The highest BCUT2D eigenvalue weighted by Crippen LogP contribution is 2.31. The van der Waals surface area contributed by atoms with Crippen LogP contribution in [0.15, 0.2) is 11.2 Å². The van der Waals surface area contributed by atoms with Crippen molar-refractivity contribution in [1.82, 2.24) is 14.9 Å². The Labute approximate surface area is 116 Å². The highest BCUT2D eigenvalue weighted by molar-refractivity contribution is 7.89. The summed E-state index contributed by atoms with van der Waals surface area (Å²) in [5, 5.41) is 23.3. The zero-order valence-corrected chi connectivity index (χ0v) is 11.6. The summed E-state index contributed by atoms with van der Waals surface area (Å²) >= 11 is 0. The first-order chi connectivity index (χ1) is 9.45. The molecule has 1 aliphatic carbocycles. The number of nitrogens with zero attached hydrogens (tertiary/aromatic N) is 1. The van der Waals surface area contributed by atoms with Crippen LogP contribution < -0.4 is 4.72 Å². The molecule has 2 unspecified atom stereocenters. The number of aliphatic hydroxyl groups excluding tert-OH is 1. The number of H-pyrrole nitrogens is 1. The van der Waals surface area contributed by atoms with Crippen LogP contribution in [0.3, 0.4) is 0 Å². The Bertz CT molecular complexity index is 583. The number of hydrogen-bond acceptors (Lipinski definition) is 5. The summed E-state index contributed by atoms with van der Waals surface area (Å²) in [6.45, 7) is 0.225. The lowest BCUT2D eigenvalue weighted by Gasteiger charge is -2.17. The van der Waals surface area contributed by atoms with Gasteiger partial charge in [0.25, 0.3) is 10.0 Å². The third-order valence-corrected chi connectivity index (χ3v) is 5.09. The molecular weight excluding hydrogens is 286 g/mol. The summed E-state index contributed by atoms with van der Waals surface area (Å²) in [4.78, 5) is 10.9. The molecule has 1 fully saturated rings. The fraction of sp³-hybridized carbons (Fsp3) is 0.636. The number of hydrogen-bond donors (Lipinski definition) is 4. The van der Waals surface area contributed by atoms with E-state index in [9.17, 15) is 18.3 Å². The molecule has 0 bridgehead atoms. The van der Waals surface area contributed by atoms with Crippen molar-refractivity contribution in [3.63, 3.8) is 0 Å². The van der Waals surface area contributed by atoms with Gasteiger partial charge in [-0.1, -0.05) is 6.42 Å². The van der Waals surface area contributed by atoms with E-state index in [1.165, 1.54) is 0 Å². The van der Waals surface area contributed by atoms with Crippen LogP contribution in [-0.4, -0.2) is 47.9 Å². The molecule has 0 aromatic carbocycles. The fourth-order valence-corrected chi connectivity index (χ4v) is 3.72. The molecule has 4 N–H and O–H groups in total. The summed E-state index contributed by atoms with van der Waals surface area (Å²) in [5.41, 5.74) is -0.386. The molecule has 8 nitrogen and oxygen atoms in total. The molecule has 0 aliphatic heterocycles. The van der Waals surface area contributed by atoms with Crippen molar-refractivity contribution in [3.8, 4) is 0 Å². The number of nitrogens with one attached hydrogen (secondary N) is 2. The molecule has 2 atom stereocenters. The van der Waals surface area contributed by atoms with Crippen molar-refractivity contribution in [3.05, 3.63) is 11.8 Å². The number of sulfonamides is 1. The number of carbonyl (C=O) groups is 1. The summed E-state index contributed by atoms with van der Waals surface area (Å²) in [6.07, 6.45) is 3.65. The van der Waals surface area contributed by atoms with Crippen LogP contribution in [0, 0.1) is 11.8 Å². The van der Waals surface area contributed by atoms with E-state index in [1.54, 1.807) is 0 Å². The van der Waals surface area contributed by atoms with Gasteiger partial charge < -0.3 is 10.2 Å². The van der Waals surface area contributed by atoms with Crippen LogP contribution in [0.5, 0.6) is 0 Å². The summed E-state index contributed by atoms with van der Waals surface area (Å²) < 4.78 is 26.5. The summed E-state index contributed by atoms with van der Waals surface area (Å²) in [7, 11) is -3.94. The predicted octanol–water partition coefficient (Wildman–Crippen LogP) is -0.205. The van der Waals surface area contributed by atoms with Gasteiger partial charge >= 0.3 is 5.97 Å². The van der Waals surface area contributed by atoms with E-state index in [2.05, 4.69) is 14.9 Å². The molecule has 0 saturated heterocycles. The van der Waals surface area contributed by atoms with Gasteiger partial charge in [0.2, 0.25) is 0 Å². The minimum Gasteiger partial charge on any atom is -0.478 e. The average Bonchev–Trinajstić information content (AvgIpc) is 3.05. The molecule has 2 rings (SSSR count). The SMILES string of the molecule is O=C(O)c1cn[nH]c1S(=O)(=O)NCC1CCCC1CO. The van der Waals surface area contributed by atoms with Crippen molar-refractivity contribution in [2.24, 2.45) is 11.8 Å². The third kappa shape index (κ3) is 3.00. The smallest absolute Gasteiger partial charge is 0.340 e. The topological polar surface area (TPSA) is 132 Å². The van der Waals surface area contributed by atoms with E-state index in [1.807, 2.05) is 0 Å². The Morgan fingerprint density at radius 1 is 1.45 bits per heavy atom. The van der Waals surface area contributed by atoms with E-state index < -0.39 is 21.0 Å². The van der Waals surface area contributed by atoms with Gasteiger partial charge in [-0.05, 0) is 24.7 Å². The van der Waals surface area contributed by atoms with Crippen molar-refractivity contribution < 1.29 is 23.4 Å². The number of carboxylic acids is 1. The molecule has 0 spiro atoms. The van der Waals surface area contributed by atoms with Gasteiger partial charge in [-0.2, -0.15) is 5.10 Å². The minimum atomic E-state index is -3.94. The fourth-order valence-electron chi connectivity index (χ4n) is 2.54. The largest absolute Gasteiger partial charge is 0.478 e. The predicted molar refractivity (Wildman–Crippen MR) is 68.7 cm³/mol. The first-order valence-corrected chi connectivity index (χ1v) is 7.81. The van der Waals surface area contributed by atoms with E-state index in [-0.39, 0.29) is 30.6 Å². The zero-order valence-electron chi connectivity index (χ0n) is 10.7. The number of rotatable bonds is 6. The Morgan fingerprint density at radius 2 is 2.15 bits per heavy atom. The van der Waals surface area contributed by atoms with Crippen LogP contribution in [0.25, 0.3) is 0 Å². The number of carboxylic acid groups (broad SMARTS) is 1. The molecule has 20 heavy (non-hydrogen) atoms. The van der Waals surface area contributed by atoms with E-state index >= 15 is 0 Å². The molecule has 112 valence electrons. The van der Waals surface area contributed by atoms with Gasteiger partial charge in [-0.25, -0.2) is 17.9 Å². The lowest BCUT2D eigenvalue weighted by atomic mass is 9.97. The lowest BCUT2D eigenvalue weighted by molar-refractivity contribution is 0.0692. The van der Waals surface area contributed by atoms with Crippen LogP contribution in [0.2, 0.25) is 0 Å². The summed E-state index contributed by atoms with van der Waals surface area (Å²) in [6, 6.07) is 0. The van der Waals surface area contributed by atoms with Gasteiger partial charge in [0.1, 0.15) is 5.56 Å². The molecule has 1 aromatic rings. The Hall–Kier alpha value is -1.45. The molecular formula is C11H17N3O5S. The summed E-state index contributed by atoms with van der Waals surface area (Å²) in [5.74, 6) is -1.18. The van der Waals surface area contributed by atoms with Crippen LogP contribution in [-0.2, 0) is 10.0 Å². The maximum atomic E-state index is 12.1. The maximum absolute atomic E-state index is 12.1. The molecule has 1 aliphatic rings. The second-order valence-electron chi connectivity index (χ2n) is 4.90. The van der Waals surface area contributed by atoms with Gasteiger partial charge in [0.05, 0.1) is 6.20 Å². The first-order valence-electron chi connectivity index (χ1n) is 6.33. The number of aliphatic hydroxyl groups is 1. The maximum Gasteiger partial charge on any atom is 0.340 e. The highest BCUT2D eigenvalue weighted by atomic mass is 32.2. The monoisotopic (exact) mass is 303 g/mol. The second kappa shape index (κ2) is 5.90. The third-order valence-electron chi connectivity index (χ3n) is 3.69. The molecule has 1 heterocycles. The van der Waals surface area contributed by atoms with Gasteiger partial charge in [0, 0.05) is 13.2 Å². The first kappa shape index (κ1) is 14.9. The standard InChI is InChI=1S/C11H17N3O5S/c15-6-8-3-1-2-7(8)4-13-20(18,19)10-9(11(16)17)5-12-14-10/h5,7-8,13,15H,1-4,6H2,(H,12,14)(H,16,17). The molecule has 0 radical (unpaired) electrons. The van der Waals surface area contributed by atoms with Crippen molar-refractivity contribution in [2.45, 2.75) is 24.3 Å². The van der Waals surface area contributed by atoms with Gasteiger partial charge in [-0.3, -0.25) is 5.10 Å². The van der Waals surface area contributed by atoms with E-state index in [0.29, 0.717) is 0 Å². The minimum absolute atomic E-state index is 0.0385. The molecule has 9 heteroatoms. The molecule has 0 amide bonds.